The second-order valence-corrected chi connectivity index (χ2v) is 9.07. The number of amides is 1. The summed E-state index contributed by atoms with van der Waals surface area (Å²) in [4.78, 5) is 31.7. The third-order valence-electron chi connectivity index (χ3n) is 4.46. The summed E-state index contributed by atoms with van der Waals surface area (Å²) in [5.41, 5.74) is 1.50. The number of para-hydroxylation sites is 1. The standard InChI is InChI=1S/C18H15Cl2N3O2S2/c1-23-17(25)14-9-4-2-7-12(9)27-16(14)22-18(23)26-8-13(24)21-15-10(19)5-3-6-11(15)20/h3,5-6H,2,4,7-8H2,1H3,(H,21,24). The summed E-state index contributed by atoms with van der Waals surface area (Å²) in [5, 5.41) is 4.73. The molecule has 4 rings (SSSR count). The van der Waals surface area contributed by atoms with Crippen molar-refractivity contribution in [3.8, 4) is 0 Å². The van der Waals surface area contributed by atoms with Crippen LogP contribution in [0.1, 0.15) is 16.9 Å². The van der Waals surface area contributed by atoms with Crippen molar-refractivity contribution in [2.45, 2.75) is 24.4 Å². The Morgan fingerprint density at radius 1 is 1.33 bits per heavy atom. The number of thioether (sulfide) groups is 1. The van der Waals surface area contributed by atoms with Crippen LogP contribution in [0.2, 0.25) is 10.0 Å². The number of halogens is 2. The van der Waals surface area contributed by atoms with Crippen molar-refractivity contribution in [3.63, 3.8) is 0 Å². The first-order chi connectivity index (χ1) is 13.0. The Morgan fingerprint density at radius 2 is 2.07 bits per heavy atom. The first-order valence-corrected chi connectivity index (χ1v) is 10.9. The van der Waals surface area contributed by atoms with E-state index in [1.165, 1.54) is 21.2 Å². The summed E-state index contributed by atoms with van der Waals surface area (Å²) in [6.45, 7) is 0. The lowest BCUT2D eigenvalue weighted by atomic mass is 10.2. The third kappa shape index (κ3) is 3.49. The van der Waals surface area contributed by atoms with Gasteiger partial charge in [-0.15, -0.1) is 11.3 Å². The van der Waals surface area contributed by atoms with E-state index >= 15 is 0 Å². The molecule has 1 N–H and O–H groups in total. The fourth-order valence-electron chi connectivity index (χ4n) is 3.16. The Balaban J connectivity index is 1.55. The zero-order valence-electron chi connectivity index (χ0n) is 14.3. The topological polar surface area (TPSA) is 64.0 Å². The Kier molecular flexibility index (Phi) is 5.20. The van der Waals surface area contributed by atoms with Gasteiger partial charge < -0.3 is 5.32 Å². The average Bonchev–Trinajstić information content (AvgIpc) is 3.21. The molecule has 27 heavy (non-hydrogen) atoms. The van der Waals surface area contributed by atoms with E-state index in [1.807, 2.05) is 0 Å². The van der Waals surface area contributed by atoms with Crippen molar-refractivity contribution >= 4 is 68.1 Å². The molecule has 0 saturated heterocycles. The van der Waals surface area contributed by atoms with Crippen LogP contribution in [-0.2, 0) is 24.7 Å². The van der Waals surface area contributed by atoms with Gasteiger partial charge in [0.15, 0.2) is 5.16 Å². The van der Waals surface area contributed by atoms with Crippen molar-refractivity contribution in [1.82, 2.24) is 9.55 Å². The van der Waals surface area contributed by atoms with E-state index in [-0.39, 0.29) is 17.2 Å². The molecule has 3 aromatic rings. The molecule has 9 heteroatoms. The molecular weight excluding hydrogens is 425 g/mol. The van der Waals surface area contributed by atoms with E-state index in [0.717, 1.165) is 35.0 Å². The third-order valence-corrected chi connectivity index (χ3v) is 7.31. The van der Waals surface area contributed by atoms with Gasteiger partial charge in [0.1, 0.15) is 4.83 Å². The van der Waals surface area contributed by atoms with Crippen molar-refractivity contribution < 1.29 is 4.79 Å². The van der Waals surface area contributed by atoms with Gasteiger partial charge in [0, 0.05) is 11.9 Å². The van der Waals surface area contributed by atoms with Gasteiger partial charge in [-0.25, -0.2) is 4.98 Å². The molecule has 0 fully saturated rings. The van der Waals surface area contributed by atoms with E-state index in [0.29, 0.717) is 20.9 Å². The fraction of sp³-hybridized carbons (Fsp3) is 0.278. The maximum absolute atomic E-state index is 12.8. The SMILES string of the molecule is Cn1c(SCC(=O)Nc2c(Cl)cccc2Cl)nc2sc3c(c2c1=O)CCC3. The van der Waals surface area contributed by atoms with Crippen LogP contribution < -0.4 is 10.9 Å². The molecule has 2 aromatic heterocycles. The molecule has 2 heterocycles. The number of nitrogens with zero attached hydrogens (tertiary/aromatic N) is 2. The smallest absolute Gasteiger partial charge is 0.262 e. The van der Waals surface area contributed by atoms with Crippen molar-refractivity contribution in [1.29, 1.82) is 0 Å². The molecule has 5 nitrogen and oxygen atoms in total. The van der Waals surface area contributed by atoms with Gasteiger partial charge in [-0.2, -0.15) is 0 Å². The average molecular weight is 440 g/mol. The lowest BCUT2D eigenvalue weighted by Gasteiger charge is -2.10. The minimum Gasteiger partial charge on any atom is -0.323 e. The van der Waals surface area contributed by atoms with Crippen LogP contribution in [0.25, 0.3) is 10.2 Å². The highest BCUT2D eigenvalue weighted by Gasteiger charge is 2.22. The molecule has 0 spiro atoms. The number of carbonyl (C=O) groups is 1. The van der Waals surface area contributed by atoms with E-state index in [9.17, 15) is 9.59 Å². The first-order valence-electron chi connectivity index (χ1n) is 8.33. The number of aromatic nitrogens is 2. The largest absolute Gasteiger partial charge is 0.323 e. The summed E-state index contributed by atoms with van der Waals surface area (Å²) in [6.07, 6.45) is 3.06. The highest BCUT2D eigenvalue weighted by molar-refractivity contribution is 7.99. The van der Waals surface area contributed by atoms with E-state index in [1.54, 1.807) is 36.6 Å². The maximum Gasteiger partial charge on any atom is 0.262 e. The van der Waals surface area contributed by atoms with Gasteiger partial charge >= 0.3 is 0 Å². The second kappa shape index (κ2) is 7.47. The lowest BCUT2D eigenvalue weighted by molar-refractivity contribution is -0.113. The number of fused-ring (bicyclic) bond motifs is 3. The van der Waals surface area contributed by atoms with Gasteiger partial charge in [0.05, 0.1) is 26.9 Å². The summed E-state index contributed by atoms with van der Waals surface area (Å²) >= 11 is 15.0. The molecule has 0 bridgehead atoms. The quantitative estimate of drug-likeness (QED) is 0.479. The monoisotopic (exact) mass is 439 g/mol. The van der Waals surface area contributed by atoms with Gasteiger partial charge in [-0.3, -0.25) is 14.2 Å². The number of nitrogens with one attached hydrogen (secondary N) is 1. The Morgan fingerprint density at radius 3 is 2.81 bits per heavy atom. The number of benzene rings is 1. The summed E-state index contributed by atoms with van der Waals surface area (Å²) in [5.74, 6) is -0.170. The van der Waals surface area contributed by atoms with Crippen molar-refractivity contribution in [3.05, 3.63) is 49.0 Å². The van der Waals surface area contributed by atoms with Gasteiger partial charge in [-0.1, -0.05) is 41.0 Å². The molecule has 0 atom stereocenters. The molecule has 140 valence electrons. The zero-order chi connectivity index (χ0) is 19.1. The number of carbonyl (C=O) groups excluding carboxylic acids is 1. The normalized spacial score (nSPS) is 13.1. The van der Waals surface area contributed by atoms with Crippen LogP contribution >= 0.6 is 46.3 Å². The summed E-state index contributed by atoms with van der Waals surface area (Å²) in [7, 11) is 1.69. The van der Waals surface area contributed by atoms with E-state index in [2.05, 4.69) is 10.3 Å². The molecule has 1 aliphatic rings. The van der Waals surface area contributed by atoms with Crippen LogP contribution in [0.5, 0.6) is 0 Å². The Labute approximate surface area is 173 Å². The second-order valence-electron chi connectivity index (χ2n) is 6.23. The predicted molar refractivity (Wildman–Crippen MR) is 113 cm³/mol. The molecule has 0 saturated carbocycles. The summed E-state index contributed by atoms with van der Waals surface area (Å²) in [6, 6.07) is 5.03. The number of anilines is 1. The Bertz CT molecular complexity index is 1100. The van der Waals surface area contributed by atoms with Gasteiger partial charge in [-0.05, 0) is 37.0 Å². The van der Waals surface area contributed by atoms with Gasteiger partial charge in [0.25, 0.3) is 5.56 Å². The Hall–Kier alpha value is -1.54. The van der Waals surface area contributed by atoms with Crippen molar-refractivity contribution in [2.24, 2.45) is 7.05 Å². The minimum atomic E-state index is -0.266. The molecule has 0 radical (unpaired) electrons. The molecule has 0 aliphatic heterocycles. The number of thiophene rings is 1. The number of hydrogen-bond donors (Lipinski definition) is 1. The number of hydrogen-bond acceptors (Lipinski definition) is 5. The molecular formula is C18H15Cl2N3O2S2. The molecule has 1 amide bonds. The van der Waals surface area contributed by atoms with Crippen LogP contribution in [0.3, 0.4) is 0 Å². The maximum atomic E-state index is 12.8. The highest BCUT2D eigenvalue weighted by Crippen LogP contribution is 2.35. The lowest BCUT2D eigenvalue weighted by Crippen LogP contribution is -2.21. The first kappa shape index (κ1) is 18.8. The van der Waals surface area contributed by atoms with E-state index in [4.69, 9.17) is 23.2 Å². The molecule has 0 unspecified atom stereocenters. The van der Waals surface area contributed by atoms with Crippen LogP contribution in [-0.4, -0.2) is 21.2 Å². The van der Waals surface area contributed by atoms with E-state index < -0.39 is 0 Å². The van der Waals surface area contributed by atoms with Gasteiger partial charge in [0.2, 0.25) is 5.91 Å². The van der Waals surface area contributed by atoms with Crippen LogP contribution in [0, 0.1) is 0 Å². The number of rotatable bonds is 4. The van der Waals surface area contributed by atoms with Crippen LogP contribution in [0.15, 0.2) is 28.2 Å². The molecule has 1 aliphatic carbocycles. The summed E-state index contributed by atoms with van der Waals surface area (Å²) < 4.78 is 1.52. The zero-order valence-corrected chi connectivity index (χ0v) is 17.5. The predicted octanol–water partition coefficient (Wildman–Crippen LogP) is 4.52. The van der Waals surface area contributed by atoms with Crippen molar-refractivity contribution in [2.75, 3.05) is 11.1 Å². The van der Waals surface area contributed by atoms with Crippen LogP contribution in [0.4, 0.5) is 5.69 Å². The minimum absolute atomic E-state index is 0.0449. The number of aryl methyl sites for hydroxylation is 2. The fourth-order valence-corrected chi connectivity index (χ4v) is 5.72. The highest BCUT2D eigenvalue weighted by atomic mass is 35.5. The molecule has 1 aromatic carbocycles.